The van der Waals surface area contributed by atoms with E-state index in [1.165, 1.54) is 37.1 Å². The zero-order valence-electron chi connectivity index (χ0n) is 11.5. The zero-order chi connectivity index (χ0) is 13.4. The summed E-state index contributed by atoms with van der Waals surface area (Å²) in [7, 11) is 0. The van der Waals surface area contributed by atoms with E-state index in [1.807, 2.05) is 13.0 Å². The van der Waals surface area contributed by atoms with Gasteiger partial charge in [0.1, 0.15) is 0 Å². The predicted molar refractivity (Wildman–Crippen MR) is 80.8 cm³/mol. The van der Waals surface area contributed by atoms with Crippen molar-refractivity contribution < 1.29 is 0 Å². The maximum absolute atomic E-state index is 5.98. The summed E-state index contributed by atoms with van der Waals surface area (Å²) in [6, 6.07) is 6.16. The van der Waals surface area contributed by atoms with E-state index in [4.69, 9.17) is 11.6 Å². The number of hydrogen-bond acceptors (Lipinski definition) is 2. The van der Waals surface area contributed by atoms with Gasteiger partial charge in [0.25, 0.3) is 0 Å². The van der Waals surface area contributed by atoms with Gasteiger partial charge in [-0.05, 0) is 69.8 Å². The molecule has 0 bridgehead atoms. The summed E-state index contributed by atoms with van der Waals surface area (Å²) in [6.07, 6.45) is 2.69. The standard InChI is InChI=1S/C12H16ClN.C3H7N/c1-10-4-5-12(13)8-11(10)9-14-6-2-3-7-14;1-3-4-2/h4-5,8H,2-3,6-7,9H2,1H3;2-3H2,1H3. The Hall–Kier alpha value is -0.860. The lowest BCUT2D eigenvalue weighted by atomic mass is 10.1. The van der Waals surface area contributed by atoms with Gasteiger partial charge in [-0.3, -0.25) is 4.90 Å². The highest BCUT2D eigenvalue weighted by Gasteiger charge is 2.12. The molecule has 1 fully saturated rings. The largest absolute Gasteiger partial charge is 0.301 e. The summed E-state index contributed by atoms with van der Waals surface area (Å²) >= 11 is 5.98. The van der Waals surface area contributed by atoms with Gasteiger partial charge in [0.2, 0.25) is 0 Å². The van der Waals surface area contributed by atoms with Gasteiger partial charge in [-0.2, -0.15) is 0 Å². The first-order chi connectivity index (χ1) is 8.67. The first-order valence-electron chi connectivity index (χ1n) is 6.57. The summed E-state index contributed by atoms with van der Waals surface area (Å²) in [5, 5.41) is 0.852. The van der Waals surface area contributed by atoms with Crippen molar-refractivity contribution in [1.29, 1.82) is 0 Å². The van der Waals surface area contributed by atoms with Gasteiger partial charge < -0.3 is 4.99 Å². The summed E-state index contributed by atoms with van der Waals surface area (Å²) in [6.45, 7) is 11.7. The highest BCUT2D eigenvalue weighted by Crippen LogP contribution is 2.19. The van der Waals surface area contributed by atoms with Crippen LogP contribution in [0.5, 0.6) is 0 Å². The van der Waals surface area contributed by atoms with Gasteiger partial charge in [-0.15, -0.1) is 0 Å². The first kappa shape index (κ1) is 15.2. The molecule has 2 nitrogen and oxygen atoms in total. The number of rotatable bonds is 3. The fraction of sp³-hybridized carbons (Fsp3) is 0.533. The van der Waals surface area contributed by atoms with Crippen LogP contribution < -0.4 is 0 Å². The second-order valence-corrected chi connectivity index (χ2v) is 5.03. The molecule has 3 heteroatoms. The second-order valence-electron chi connectivity index (χ2n) is 4.59. The van der Waals surface area contributed by atoms with Gasteiger partial charge in [0, 0.05) is 18.1 Å². The molecule has 2 rings (SSSR count). The molecule has 0 amide bonds. The van der Waals surface area contributed by atoms with Gasteiger partial charge in [0.05, 0.1) is 0 Å². The van der Waals surface area contributed by atoms with Crippen LogP contribution in [0.1, 0.15) is 30.9 Å². The van der Waals surface area contributed by atoms with Crippen molar-refractivity contribution in [3.63, 3.8) is 0 Å². The normalized spacial score (nSPS) is 15.1. The lowest BCUT2D eigenvalue weighted by molar-refractivity contribution is 0.331. The summed E-state index contributed by atoms with van der Waals surface area (Å²) < 4.78 is 0. The van der Waals surface area contributed by atoms with E-state index in [0.29, 0.717) is 0 Å². The molecule has 1 aliphatic rings. The molecule has 1 heterocycles. The third-order valence-electron chi connectivity index (χ3n) is 3.13. The molecule has 1 saturated heterocycles. The molecule has 100 valence electrons. The average molecular weight is 267 g/mol. The van der Waals surface area contributed by atoms with E-state index < -0.39 is 0 Å². The maximum Gasteiger partial charge on any atom is 0.0409 e. The van der Waals surface area contributed by atoms with Crippen molar-refractivity contribution in [2.75, 3.05) is 19.6 Å². The molecule has 0 aromatic heterocycles. The Morgan fingerprint density at radius 2 is 1.94 bits per heavy atom. The van der Waals surface area contributed by atoms with Crippen molar-refractivity contribution in [2.24, 2.45) is 4.99 Å². The summed E-state index contributed by atoms with van der Waals surface area (Å²) in [4.78, 5) is 5.98. The molecule has 0 saturated carbocycles. The van der Waals surface area contributed by atoms with E-state index in [0.717, 1.165) is 18.1 Å². The van der Waals surface area contributed by atoms with Crippen LogP contribution >= 0.6 is 11.6 Å². The van der Waals surface area contributed by atoms with Crippen LogP contribution in [-0.2, 0) is 6.54 Å². The number of benzene rings is 1. The molecule has 18 heavy (non-hydrogen) atoms. The highest BCUT2D eigenvalue weighted by atomic mass is 35.5. The van der Waals surface area contributed by atoms with Crippen LogP contribution in [0.2, 0.25) is 5.02 Å². The number of hydrogen-bond donors (Lipinski definition) is 0. The third kappa shape index (κ3) is 5.19. The quantitative estimate of drug-likeness (QED) is 0.757. The molecule has 0 N–H and O–H groups in total. The monoisotopic (exact) mass is 266 g/mol. The van der Waals surface area contributed by atoms with Crippen LogP contribution in [0, 0.1) is 6.92 Å². The number of likely N-dealkylation sites (tertiary alicyclic amines) is 1. The molecule has 1 aromatic rings. The molecule has 0 unspecified atom stereocenters. The summed E-state index contributed by atoms with van der Waals surface area (Å²) in [5.41, 5.74) is 2.72. The van der Waals surface area contributed by atoms with E-state index in [2.05, 4.69) is 35.7 Å². The Morgan fingerprint density at radius 3 is 2.50 bits per heavy atom. The minimum atomic E-state index is 0.833. The Labute approximate surface area is 116 Å². The van der Waals surface area contributed by atoms with Gasteiger partial charge in [-0.25, -0.2) is 0 Å². The van der Waals surface area contributed by atoms with Gasteiger partial charge in [-0.1, -0.05) is 17.7 Å². The van der Waals surface area contributed by atoms with Crippen LogP contribution in [-0.4, -0.2) is 31.3 Å². The van der Waals surface area contributed by atoms with E-state index >= 15 is 0 Å². The van der Waals surface area contributed by atoms with E-state index in [9.17, 15) is 0 Å². The van der Waals surface area contributed by atoms with Crippen molar-refractivity contribution in [1.82, 2.24) is 4.90 Å². The Balaban J connectivity index is 0.000000357. The highest BCUT2D eigenvalue weighted by molar-refractivity contribution is 6.30. The van der Waals surface area contributed by atoms with Crippen molar-refractivity contribution in [3.8, 4) is 0 Å². The lowest BCUT2D eigenvalue weighted by Crippen LogP contribution is -2.18. The Morgan fingerprint density at radius 1 is 1.33 bits per heavy atom. The fourth-order valence-corrected chi connectivity index (χ4v) is 2.19. The number of nitrogens with zero attached hydrogens (tertiary/aromatic N) is 2. The van der Waals surface area contributed by atoms with Crippen LogP contribution in [0.25, 0.3) is 0 Å². The second kappa shape index (κ2) is 8.28. The molecular weight excluding hydrogens is 244 g/mol. The molecule has 1 aromatic carbocycles. The van der Waals surface area contributed by atoms with E-state index in [1.54, 1.807) is 0 Å². The minimum Gasteiger partial charge on any atom is -0.301 e. The maximum atomic E-state index is 5.98. The SMILES string of the molecule is C=NCC.Cc1ccc(Cl)cc1CN1CCCC1. The topological polar surface area (TPSA) is 15.6 Å². The molecule has 1 aliphatic heterocycles. The predicted octanol–water partition coefficient (Wildman–Crippen LogP) is 3.95. The summed E-state index contributed by atoms with van der Waals surface area (Å²) in [5.74, 6) is 0. The fourth-order valence-electron chi connectivity index (χ4n) is 1.99. The molecule has 0 radical (unpaired) electrons. The molecule has 0 spiro atoms. The smallest absolute Gasteiger partial charge is 0.0409 e. The number of aryl methyl sites for hydroxylation is 1. The molecule has 0 aliphatic carbocycles. The Kier molecular flexibility index (Phi) is 6.99. The van der Waals surface area contributed by atoms with Crippen LogP contribution in [0.3, 0.4) is 0 Å². The molecule has 0 atom stereocenters. The van der Waals surface area contributed by atoms with E-state index in [-0.39, 0.29) is 0 Å². The average Bonchev–Trinajstić information content (AvgIpc) is 2.87. The minimum absolute atomic E-state index is 0.833. The van der Waals surface area contributed by atoms with Crippen LogP contribution in [0.15, 0.2) is 23.2 Å². The number of halogens is 1. The van der Waals surface area contributed by atoms with Gasteiger partial charge in [0.15, 0.2) is 0 Å². The number of aliphatic imine (C=N–C) groups is 1. The first-order valence-corrected chi connectivity index (χ1v) is 6.95. The lowest BCUT2D eigenvalue weighted by Gasteiger charge is -2.16. The van der Waals surface area contributed by atoms with Gasteiger partial charge >= 0.3 is 0 Å². The van der Waals surface area contributed by atoms with Crippen molar-refractivity contribution in [3.05, 3.63) is 34.3 Å². The molecular formula is C15H23ClN2. The van der Waals surface area contributed by atoms with Crippen LogP contribution in [0.4, 0.5) is 0 Å². The zero-order valence-corrected chi connectivity index (χ0v) is 12.2. The third-order valence-corrected chi connectivity index (χ3v) is 3.36. The van der Waals surface area contributed by atoms with Crippen molar-refractivity contribution in [2.45, 2.75) is 33.2 Å². The van der Waals surface area contributed by atoms with Crippen molar-refractivity contribution >= 4 is 18.3 Å². The Bertz CT molecular complexity index is 371.